The highest BCUT2D eigenvalue weighted by Gasteiger charge is 2.48. The Balaban J connectivity index is 2.11. The van der Waals surface area contributed by atoms with Gasteiger partial charge in [-0.25, -0.2) is 0 Å². The van der Waals surface area contributed by atoms with E-state index in [4.69, 9.17) is 5.11 Å². The number of rotatable bonds is 3. The Morgan fingerprint density at radius 2 is 1.72 bits per heavy atom. The maximum Gasteiger partial charge on any atom is 0.307 e. The van der Waals surface area contributed by atoms with Crippen molar-refractivity contribution in [3.8, 4) is 0 Å². The van der Waals surface area contributed by atoms with Gasteiger partial charge in [0.2, 0.25) is 5.91 Å². The van der Waals surface area contributed by atoms with Crippen LogP contribution in [0.15, 0.2) is 25.6 Å². The molecule has 1 aromatic carbocycles. The van der Waals surface area contributed by atoms with Crippen LogP contribution in [0.1, 0.15) is 6.42 Å². The highest BCUT2D eigenvalue weighted by molar-refractivity contribution is 9.11. The molecule has 2 unspecified atom stereocenters. The van der Waals surface area contributed by atoms with Gasteiger partial charge in [0.1, 0.15) is 0 Å². The van der Waals surface area contributed by atoms with E-state index in [1.165, 1.54) is 0 Å². The third-order valence-corrected chi connectivity index (χ3v) is 4.41. The fourth-order valence-electron chi connectivity index (χ4n) is 1.64. The predicted octanol–water partition coefficient (Wildman–Crippen LogP) is 3.63. The van der Waals surface area contributed by atoms with Crippen molar-refractivity contribution < 1.29 is 14.7 Å². The number of amides is 1. The molecular weight excluding hydrogens is 434 g/mol. The van der Waals surface area contributed by atoms with Crippen LogP contribution >= 0.6 is 47.8 Å². The summed E-state index contributed by atoms with van der Waals surface area (Å²) in [5.41, 5.74) is 0.610. The minimum Gasteiger partial charge on any atom is -0.481 e. The van der Waals surface area contributed by atoms with E-state index in [-0.39, 0.29) is 5.91 Å². The molecule has 96 valence electrons. The molecule has 0 bridgehead atoms. The first-order valence-electron chi connectivity index (χ1n) is 5.08. The molecule has 0 spiro atoms. The highest BCUT2D eigenvalue weighted by Crippen LogP contribution is 2.41. The van der Waals surface area contributed by atoms with Crippen LogP contribution in [0.25, 0.3) is 0 Å². The molecular formula is C11H8Br3NO3. The predicted molar refractivity (Wildman–Crippen MR) is 77.4 cm³/mol. The van der Waals surface area contributed by atoms with Crippen molar-refractivity contribution in [3.63, 3.8) is 0 Å². The number of aliphatic carboxylic acids is 1. The third kappa shape index (κ3) is 2.95. The summed E-state index contributed by atoms with van der Waals surface area (Å²) < 4.78 is 2.32. The van der Waals surface area contributed by atoms with Gasteiger partial charge in [-0.3, -0.25) is 9.59 Å². The van der Waals surface area contributed by atoms with Gasteiger partial charge in [-0.1, -0.05) is 15.9 Å². The van der Waals surface area contributed by atoms with Crippen LogP contribution in [-0.4, -0.2) is 17.0 Å². The zero-order valence-electron chi connectivity index (χ0n) is 8.91. The first-order valence-corrected chi connectivity index (χ1v) is 7.46. The summed E-state index contributed by atoms with van der Waals surface area (Å²) in [6.45, 7) is 0. The Morgan fingerprint density at radius 3 is 2.17 bits per heavy atom. The van der Waals surface area contributed by atoms with Crippen LogP contribution in [0.3, 0.4) is 0 Å². The lowest BCUT2D eigenvalue weighted by Crippen LogP contribution is -2.17. The van der Waals surface area contributed by atoms with E-state index < -0.39 is 17.8 Å². The Bertz CT molecular complexity index is 509. The largest absolute Gasteiger partial charge is 0.481 e. The van der Waals surface area contributed by atoms with E-state index in [0.717, 1.165) is 13.4 Å². The molecule has 7 heteroatoms. The van der Waals surface area contributed by atoms with Crippen molar-refractivity contribution in [2.45, 2.75) is 6.42 Å². The van der Waals surface area contributed by atoms with Gasteiger partial charge in [0.15, 0.2) is 0 Å². The van der Waals surface area contributed by atoms with E-state index in [1.807, 2.05) is 12.1 Å². The van der Waals surface area contributed by atoms with Crippen molar-refractivity contribution in [1.82, 2.24) is 0 Å². The lowest BCUT2D eigenvalue weighted by Gasteiger charge is -2.10. The smallest absolute Gasteiger partial charge is 0.307 e. The van der Waals surface area contributed by atoms with E-state index in [9.17, 15) is 9.59 Å². The Morgan fingerprint density at radius 1 is 1.17 bits per heavy atom. The molecule has 0 heterocycles. The van der Waals surface area contributed by atoms with Gasteiger partial charge < -0.3 is 10.4 Å². The number of nitrogens with one attached hydrogen (secondary N) is 1. The molecule has 0 aliphatic heterocycles. The van der Waals surface area contributed by atoms with Gasteiger partial charge >= 0.3 is 5.97 Å². The van der Waals surface area contributed by atoms with Crippen LogP contribution in [0, 0.1) is 11.8 Å². The van der Waals surface area contributed by atoms with Crippen LogP contribution in [-0.2, 0) is 9.59 Å². The highest BCUT2D eigenvalue weighted by atomic mass is 79.9. The number of hydrogen-bond acceptors (Lipinski definition) is 2. The molecule has 1 aliphatic carbocycles. The molecule has 1 amide bonds. The van der Waals surface area contributed by atoms with Crippen molar-refractivity contribution in [2.75, 3.05) is 5.32 Å². The fourth-order valence-corrected chi connectivity index (χ4v) is 4.09. The monoisotopic (exact) mass is 439 g/mol. The van der Waals surface area contributed by atoms with Crippen LogP contribution in [0.4, 0.5) is 5.69 Å². The molecule has 1 aromatic rings. The summed E-state index contributed by atoms with van der Waals surface area (Å²) in [5.74, 6) is -2.14. The van der Waals surface area contributed by atoms with Gasteiger partial charge in [-0.05, 0) is 50.4 Å². The summed E-state index contributed by atoms with van der Waals surface area (Å²) >= 11 is 10.0. The minimum atomic E-state index is -0.913. The number of halogens is 3. The quantitative estimate of drug-likeness (QED) is 0.752. The second kappa shape index (κ2) is 5.30. The van der Waals surface area contributed by atoms with Crippen LogP contribution in [0.5, 0.6) is 0 Å². The molecule has 2 atom stereocenters. The first-order chi connectivity index (χ1) is 8.40. The zero-order chi connectivity index (χ0) is 13.4. The molecule has 0 aromatic heterocycles. The molecule has 0 radical (unpaired) electrons. The standard InChI is InChI=1S/C11H8Br3NO3/c12-4-1-7(13)9(8(14)2-4)15-10(16)5-3-6(5)11(17)18/h1-2,5-6H,3H2,(H,15,16)(H,17,18). The molecule has 2 N–H and O–H groups in total. The molecule has 1 fully saturated rings. The first kappa shape index (κ1) is 14.0. The summed E-state index contributed by atoms with van der Waals surface area (Å²) in [6.07, 6.45) is 0.410. The summed E-state index contributed by atoms with van der Waals surface area (Å²) in [4.78, 5) is 22.6. The van der Waals surface area contributed by atoms with E-state index >= 15 is 0 Å². The van der Waals surface area contributed by atoms with Gasteiger partial charge in [-0.2, -0.15) is 0 Å². The van der Waals surface area contributed by atoms with Crippen LogP contribution in [0.2, 0.25) is 0 Å². The second-order valence-electron chi connectivity index (χ2n) is 4.02. The number of benzene rings is 1. The Hall–Kier alpha value is -0.400. The second-order valence-corrected chi connectivity index (χ2v) is 6.64. The number of hydrogen-bond donors (Lipinski definition) is 2. The average molecular weight is 442 g/mol. The van der Waals surface area contributed by atoms with E-state index in [0.29, 0.717) is 12.1 Å². The van der Waals surface area contributed by atoms with Crippen molar-refractivity contribution in [3.05, 3.63) is 25.6 Å². The topological polar surface area (TPSA) is 66.4 Å². The Kier molecular flexibility index (Phi) is 4.13. The molecule has 18 heavy (non-hydrogen) atoms. The van der Waals surface area contributed by atoms with Gasteiger partial charge in [0.25, 0.3) is 0 Å². The molecule has 4 nitrogen and oxygen atoms in total. The zero-order valence-corrected chi connectivity index (χ0v) is 13.7. The van der Waals surface area contributed by atoms with E-state index in [1.54, 1.807) is 0 Å². The number of carbonyl (C=O) groups is 2. The fraction of sp³-hybridized carbons (Fsp3) is 0.273. The summed E-state index contributed by atoms with van der Waals surface area (Å²) in [6, 6.07) is 3.61. The Labute approximate surface area is 129 Å². The number of carboxylic acid groups (broad SMARTS) is 1. The van der Waals surface area contributed by atoms with Gasteiger partial charge in [-0.15, -0.1) is 0 Å². The maximum absolute atomic E-state index is 11.9. The minimum absolute atomic E-state index is 0.258. The van der Waals surface area contributed by atoms with Gasteiger partial charge in [0, 0.05) is 13.4 Å². The molecule has 2 rings (SSSR count). The van der Waals surface area contributed by atoms with Crippen molar-refractivity contribution in [2.24, 2.45) is 11.8 Å². The number of anilines is 1. The summed E-state index contributed by atoms with van der Waals surface area (Å²) in [5, 5.41) is 11.5. The van der Waals surface area contributed by atoms with Crippen molar-refractivity contribution >= 4 is 65.4 Å². The third-order valence-electron chi connectivity index (χ3n) is 2.70. The molecule has 0 saturated heterocycles. The normalized spacial score (nSPS) is 21.5. The lowest BCUT2D eigenvalue weighted by molar-refractivity contribution is -0.139. The number of carboxylic acids is 1. The summed E-state index contributed by atoms with van der Waals surface area (Å²) in [7, 11) is 0. The van der Waals surface area contributed by atoms with Gasteiger partial charge in [0.05, 0.1) is 17.5 Å². The molecule has 1 saturated carbocycles. The lowest BCUT2D eigenvalue weighted by atomic mass is 10.2. The average Bonchev–Trinajstić information content (AvgIpc) is 3.02. The molecule has 1 aliphatic rings. The van der Waals surface area contributed by atoms with E-state index in [2.05, 4.69) is 53.1 Å². The van der Waals surface area contributed by atoms with Crippen LogP contribution < -0.4 is 5.32 Å². The maximum atomic E-state index is 11.9. The number of carbonyl (C=O) groups excluding carboxylic acids is 1. The van der Waals surface area contributed by atoms with Crippen molar-refractivity contribution in [1.29, 1.82) is 0 Å². The SMILES string of the molecule is O=C(O)C1CC1C(=O)Nc1c(Br)cc(Br)cc1Br.